The Balaban J connectivity index is 2.59. The molecule has 0 N–H and O–H groups in total. The first-order valence-electron chi connectivity index (χ1n) is 6.03. The lowest BCUT2D eigenvalue weighted by Crippen LogP contribution is -2.49. The van der Waals surface area contributed by atoms with Gasteiger partial charge in [0.25, 0.3) is 0 Å². The number of piperidine rings is 1. The molecule has 2 atom stereocenters. The van der Waals surface area contributed by atoms with E-state index >= 15 is 0 Å². The topological polar surface area (TPSA) is 65.1 Å². The predicted octanol–water partition coefficient (Wildman–Crippen LogP) is 0.907. The zero-order valence-corrected chi connectivity index (χ0v) is 11.1. The third kappa shape index (κ3) is 4.34. The van der Waals surface area contributed by atoms with Gasteiger partial charge >= 0.3 is 18.1 Å². The second kappa shape index (κ2) is 6.89. The largest absolute Gasteiger partial charge is 0.492 e. The maximum Gasteiger partial charge on any atom is 0.492 e. The van der Waals surface area contributed by atoms with Gasteiger partial charge in [-0.05, 0) is 13.3 Å². The number of alkyl halides is 3. The molecular formula is C11H16F3NO5. The van der Waals surface area contributed by atoms with Crippen LogP contribution >= 0.6 is 0 Å². The molecule has 1 heterocycles. The maximum atomic E-state index is 12.1. The molecule has 9 heteroatoms. The van der Waals surface area contributed by atoms with E-state index in [9.17, 15) is 22.8 Å². The molecule has 1 saturated heterocycles. The van der Waals surface area contributed by atoms with Crippen LogP contribution in [0.25, 0.3) is 0 Å². The Hall–Kier alpha value is -1.35. The Bertz CT molecular complexity index is 360. The van der Waals surface area contributed by atoms with Crippen molar-refractivity contribution in [3.63, 3.8) is 0 Å². The van der Waals surface area contributed by atoms with E-state index in [1.54, 1.807) is 6.92 Å². The number of esters is 1. The van der Waals surface area contributed by atoms with Gasteiger partial charge in [-0.1, -0.05) is 0 Å². The zero-order valence-electron chi connectivity index (χ0n) is 11.1. The Morgan fingerprint density at radius 3 is 2.50 bits per heavy atom. The Labute approximate surface area is 113 Å². The van der Waals surface area contributed by atoms with Crippen LogP contribution in [0.2, 0.25) is 0 Å². The van der Waals surface area contributed by atoms with Crippen LogP contribution in [0.1, 0.15) is 13.3 Å². The second-order valence-corrected chi connectivity index (χ2v) is 4.19. The van der Waals surface area contributed by atoms with Crippen LogP contribution < -0.4 is 0 Å². The number of ether oxygens (including phenoxy) is 2. The number of carbonyl (C=O) groups excluding carboxylic acids is 2. The number of hydroxylamine groups is 2. The molecule has 0 aromatic rings. The van der Waals surface area contributed by atoms with E-state index in [-0.39, 0.29) is 26.1 Å². The fraction of sp³-hybridized carbons (Fsp3) is 0.818. The van der Waals surface area contributed by atoms with Crippen molar-refractivity contribution in [3.05, 3.63) is 0 Å². The summed E-state index contributed by atoms with van der Waals surface area (Å²) >= 11 is 0. The van der Waals surface area contributed by atoms with Crippen LogP contribution in [0, 0.1) is 5.92 Å². The monoisotopic (exact) mass is 299 g/mol. The van der Waals surface area contributed by atoms with Crippen LogP contribution in [0.5, 0.6) is 0 Å². The molecule has 1 rings (SSSR count). The highest BCUT2D eigenvalue weighted by Gasteiger charge is 2.44. The summed E-state index contributed by atoms with van der Waals surface area (Å²) in [5, 5.41) is 0.847. The minimum atomic E-state index is -5.06. The van der Waals surface area contributed by atoms with Crippen LogP contribution in [0.4, 0.5) is 13.2 Å². The highest BCUT2D eigenvalue weighted by molar-refractivity contribution is 5.75. The SMILES string of the molecule is CCOC(=O)[C@@H]1CCN(OC(=O)C(F)(F)F)C[C@@H]1OC. The van der Waals surface area contributed by atoms with Crippen molar-refractivity contribution in [3.8, 4) is 0 Å². The molecule has 0 saturated carbocycles. The van der Waals surface area contributed by atoms with Gasteiger partial charge < -0.3 is 14.3 Å². The molecule has 0 radical (unpaired) electrons. The molecule has 1 aliphatic rings. The van der Waals surface area contributed by atoms with Crippen molar-refractivity contribution >= 4 is 11.9 Å². The number of methoxy groups -OCH3 is 1. The number of halogens is 3. The number of hydrogen-bond donors (Lipinski definition) is 0. The smallest absolute Gasteiger partial charge is 0.466 e. The predicted molar refractivity (Wildman–Crippen MR) is 59.3 cm³/mol. The lowest BCUT2D eigenvalue weighted by molar-refractivity contribution is -0.249. The molecule has 0 spiro atoms. The molecule has 0 unspecified atom stereocenters. The average molecular weight is 299 g/mol. The van der Waals surface area contributed by atoms with E-state index in [2.05, 4.69) is 4.84 Å². The van der Waals surface area contributed by atoms with Gasteiger partial charge in [0.1, 0.15) is 0 Å². The third-order valence-electron chi connectivity index (χ3n) is 2.86. The molecule has 0 aromatic heterocycles. The maximum absolute atomic E-state index is 12.1. The summed E-state index contributed by atoms with van der Waals surface area (Å²) in [7, 11) is 1.33. The summed E-state index contributed by atoms with van der Waals surface area (Å²) in [5.74, 6) is -3.34. The van der Waals surface area contributed by atoms with Crippen LogP contribution in [0.15, 0.2) is 0 Å². The number of rotatable bonds is 4. The summed E-state index contributed by atoms with van der Waals surface area (Å²) in [6, 6.07) is 0. The molecule has 116 valence electrons. The van der Waals surface area contributed by atoms with E-state index in [4.69, 9.17) is 9.47 Å². The van der Waals surface area contributed by atoms with Gasteiger partial charge in [0, 0.05) is 13.7 Å². The fourth-order valence-electron chi connectivity index (χ4n) is 1.90. The van der Waals surface area contributed by atoms with E-state index in [1.807, 2.05) is 0 Å². The Morgan fingerprint density at radius 1 is 1.35 bits per heavy atom. The molecule has 0 amide bonds. The standard InChI is InChI=1S/C11H16F3NO5/c1-3-19-9(16)7-4-5-15(6-8(7)18-2)20-10(17)11(12,13)14/h7-8H,3-6H2,1-2H3/t7-,8+/m1/s1. The van der Waals surface area contributed by atoms with Crippen molar-refractivity contribution in [1.29, 1.82) is 0 Å². The summed E-state index contributed by atoms with van der Waals surface area (Å²) in [6.07, 6.45) is -5.56. The number of hydrogen-bond acceptors (Lipinski definition) is 6. The van der Waals surface area contributed by atoms with Crippen molar-refractivity contribution < 1.29 is 37.1 Å². The summed E-state index contributed by atoms with van der Waals surface area (Å²) in [5.41, 5.74) is 0. The van der Waals surface area contributed by atoms with Crippen LogP contribution in [-0.4, -0.2) is 56.1 Å². The van der Waals surface area contributed by atoms with Gasteiger partial charge in [-0.15, -0.1) is 5.06 Å². The quantitative estimate of drug-likeness (QED) is 0.719. The number of carbonyl (C=O) groups is 2. The first-order valence-corrected chi connectivity index (χ1v) is 6.03. The first-order chi connectivity index (χ1) is 9.29. The van der Waals surface area contributed by atoms with E-state index < -0.39 is 30.1 Å². The lowest BCUT2D eigenvalue weighted by atomic mass is 9.95. The molecule has 0 aliphatic carbocycles. The second-order valence-electron chi connectivity index (χ2n) is 4.19. The molecule has 0 aromatic carbocycles. The molecule has 20 heavy (non-hydrogen) atoms. The molecular weight excluding hydrogens is 283 g/mol. The number of nitrogens with zero attached hydrogens (tertiary/aromatic N) is 1. The van der Waals surface area contributed by atoms with Crippen molar-refractivity contribution in [2.45, 2.75) is 25.6 Å². The van der Waals surface area contributed by atoms with Crippen molar-refractivity contribution in [2.24, 2.45) is 5.92 Å². The van der Waals surface area contributed by atoms with Crippen molar-refractivity contribution in [1.82, 2.24) is 5.06 Å². The van der Waals surface area contributed by atoms with Gasteiger partial charge in [0.05, 0.1) is 25.2 Å². The summed E-state index contributed by atoms with van der Waals surface area (Å²) < 4.78 is 46.2. The third-order valence-corrected chi connectivity index (χ3v) is 2.86. The Kier molecular flexibility index (Phi) is 5.75. The summed E-state index contributed by atoms with van der Waals surface area (Å²) in [4.78, 5) is 26.6. The minimum Gasteiger partial charge on any atom is -0.466 e. The molecule has 6 nitrogen and oxygen atoms in total. The van der Waals surface area contributed by atoms with E-state index in [0.29, 0.717) is 0 Å². The van der Waals surface area contributed by atoms with Crippen LogP contribution in [0.3, 0.4) is 0 Å². The fourth-order valence-corrected chi connectivity index (χ4v) is 1.90. The van der Waals surface area contributed by atoms with Gasteiger partial charge in [0.2, 0.25) is 0 Å². The highest BCUT2D eigenvalue weighted by atomic mass is 19.4. The van der Waals surface area contributed by atoms with Crippen LogP contribution in [-0.2, 0) is 23.9 Å². The Morgan fingerprint density at radius 2 is 2.00 bits per heavy atom. The van der Waals surface area contributed by atoms with Crippen molar-refractivity contribution in [2.75, 3.05) is 26.8 Å². The molecule has 1 fully saturated rings. The van der Waals surface area contributed by atoms with Gasteiger partial charge in [-0.3, -0.25) is 4.79 Å². The molecule has 1 aliphatic heterocycles. The highest BCUT2D eigenvalue weighted by Crippen LogP contribution is 2.24. The normalized spacial score (nSPS) is 24.2. The first kappa shape index (κ1) is 16.7. The minimum absolute atomic E-state index is 0.00512. The van der Waals surface area contributed by atoms with E-state index in [1.165, 1.54) is 7.11 Å². The zero-order chi connectivity index (χ0) is 15.3. The lowest BCUT2D eigenvalue weighted by Gasteiger charge is -2.35. The molecule has 0 bridgehead atoms. The van der Waals surface area contributed by atoms with Gasteiger partial charge in [-0.25, -0.2) is 4.79 Å². The summed E-state index contributed by atoms with van der Waals surface area (Å²) in [6.45, 7) is 1.74. The van der Waals surface area contributed by atoms with E-state index in [0.717, 1.165) is 5.06 Å². The van der Waals surface area contributed by atoms with Gasteiger partial charge in [0.15, 0.2) is 0 Å². The van der Waals surface area contributed by atoms with Gasteiger partial charge in [-0.2, -0.15) is 13.2 Å². The average Bonchev–Trinajstić information content (AvgIpc) is 2.37.